The molecule has 0 spiro atoms. The molecule has 1 unspecified atom stereocenters. The summed E-state index contributed by atoms with van der Waals surface area (Å²) in [5.41, 5.74) is 1.17. The van der Waals surface area contributed by atoms with Gasteiger partial charge in [-0.3, -0.25) is 5.10 Å². The van der Waals surface area contributed by atoms with E-state index in [0.29, 0.717) is 6.04 Å². The van der Waals surface area contributed by atoms with E-state index in [-0.39, 0.29) is 0 Å². The zero-order valence-corrected chi connectivity index (χ0v) is 13.1. The van der Waals surface area contributed by atoms with Gasteiger partial charge in [-0.25, -0.2) is 4.98 Å². The maximum absolute atomic E-state index is 4.10. The van der Waals surface area contributed by atoms with Gasteiger partial charge in [-0.1, -0.05) is 25.6 Å². The average Bonchev–Trinajstić information content (AvgIpc) is 2.92. The highest BCUT2D eigenvalue weighted by Crippen LogP contribution is 2.25. The fourth-order valence-corrected chi connectivity index (χ4v) is 2.61. The molecule has 0 saturated carbocycles. The fourth-order valence-electron chi connectivity index (χ4n) is 1.91. The van der Waals surface area contributed by atoms with Crippen molar-refractivity contribution in [2.45, 2.75) is 49.7 Å². The Morgan fingerprint density at radius 2 is 1.90 bits per heavy atom. The minimum atomic E-state index is 0.505. The molecule has 1 aromatic heterocycles. The van der Waals surface area contributed by atoms with Crippen LogP contribution < -0.4 is 5.32 Å². The summed E-state index contributed by atoms with van der Waals surface area (Å²) in [5, 5.41) is 11.0. The fraction of sp³-hybridized carbons (Fsp3) is 0.467. The van der Waals surface area contributed by atoms with E-state index < -0.39 is 0 Å². The maximum Gasteiger partial charge on any atom is 0.188 e. The van der Waals surface area contributed by atoms with Gasteiger partial charge in [0.1, 0.15) is 6.33 Å². The predicted octanol–water partition coefficient (Wildman–Crippen LogP) is 4.19. The Bertz CT molecular complexity index is 493. The summed E-state index contributed by atoms with van der Waals surface area (Å²) in [5.74, 6) is 0.764. The lowest BCUT2D eigenvalue weighted by molar-refractivity contribution is 0.528. The molecule has 0 amide bonds. The molecule has 1 heterocycles. The molecule has 0 fully saturated rings. The lowest BCUT2D eigenvalue weighted by Crippen LogP contribution is -2.15. The van der Waals surface area contributed by atoms with Gasteiger partial charge in [0.05, 0.1) is 0 Å². The van der Waals surface area contributed by atoms with Gasteiger partial charge in [-0.15, -0.1) is 0 Å². The molecule has 1 aromatic carbocycles. The van der Waals surface area contributed by atoms with Gasteiger partial charge in [0.15, 0.2) is 5.16 Å². The van der Waals surface area contributed by atoms with E-state index in [1.807, 2.05) is 0 Å². The Labute approximate surface area is 124 Å². The zero-order chi connectivity index (χ0) is 14.4. The number of aromatic nitrogens is 3. The molecule has 5 heteroatoms. The first kappa shape index (κ1) is 14.9. The third-order valence-corrected chi connectivity index (χ3v) is 3.95. The molecule has 4 nitrogen and oxygen atoms in total. The van der Waals surface area contributed by atoms with Crippen LogP contribution in [-0.4, -0.2) is 21.2 Å². The first-order valence-electron chi connectivity index (χ1n) is 7.03. The zero-order valence-electron chi connectivity index (χ0n) is 12.3. The third-order valence-electron chi connectivity index (χ3n) is 3.05. The van der Waals surface area contributed by atoms with Crippen LogP contribution in [0.3, 0.4) is 0 Å². The lowest BCUT2D eigenvalue weighted by atomic mass is 10.0. The first-order valence-corrected chi connectivity index (χ1v) is 7.85. The van der Waals surface area contributed by atoms with Crippen LogP contribution in [0.15, 0.2) is 40.6 Å². The Morgan fingerprint density at radius 3 is 2.50 bits per heavy atom. The van der Waals surface area contributed by atoms with Gasteiger partial charge < -0.3 is 5.32 Å². The van der Waals surface area contributed by atoms with Gasteiger partial charge in [0.2, 0.25) is 0 Å². The van der Waals surface area contributed by atoms with Crippen molar-refractivity contribution in [3.05, 3.63) is 30.6 Å². The second-order valence-electron chi connectivity index (χ2n) is 5.43. The number of hydrogen-bond donors (Lipinski definition) is 2. The topological polar surface area (TPSA) is 53.6 Å². The number of rotatable bonds is 7. The van der Waals surface area contributed by atoms with Crippen molar-refractivity contribution >= 4 is 17.4 Å². The first-order chi connectivity index (χ1) is 9.63. The lowest BCUT2D eigenvalue weighted by Gasteiger charge is -2.16. The summed E-state index contributed by atoms with van der Waals surface area (Å²) in [7, 11) is 0. The second kappa shape index (κ2) is 7.33. The van der Waals surface area contributed by atoms with Gasteiger partial charge >= 0.3 is 0 Å². The summed E-state index contributed by atoms with van der Waals surface area (Å²) in [4.78, 5) is 5.26. The van der Waals surface area contributed by atoms with Crippen molar-refractivity contribution in [1.29, 1.82) is 0 Å². The van der Waals surface area contributed by atoms with Crippen LogP contribution in [0.25, 0.3) is 0 Å². The van der Waals surface area contributed by atoms with Gasteiger partial charge in [-0.2, -0.15) is 5.10 Å². The van der Waals surface area contributed by atoms with Crippen molar-refractivity contribution in [3.8, 4) is 0 Å². The summed E-state index contributed by atoms with van der Waals surface area (Å²) >= 11 is 1.58. The van der Waals surface area contributed by atoms with Crippen LogP contribution in [0.4, 0.5) is 5.69 Å². The van der Waals surface area contributed by atoms with Gasteiger partial charge in [0, 0.05) is 16.6 Å². The van der Waals surface area contributed by atoms with Gasteiger partial charge in [0.25, 0.3) is 0 Å². The van der Waals surface area contributed by atoms with E-state index in [1.54, 1.807) is 11.8 Å². The predicted molar refractivity (Wildman–Crippen MR) is 84.1 cm³/mol. The molecule has 0 aliphatic rings. The van der Waals surface area contributed by atoms with Crippen molar-refractivity contribution in [3.63, 3.8) is 0 Å². The SMILES string of the molecule is CC(C)CCC(C)Nc1ccc(Sc2ncn[nH]2)cc1. The smallest absolute Gasteiger partial charge is 0.188 e. The molecule has 0 saturated heterocycles. The Hall–Kier alpha value is -1.49. The summed E-state index contributed by atoms with van der Waals surface area (Å²) < 4.78 is 0. The number of benzene rings is 1. The maximum atomic E-state index is 4.10. The largest absolute Gasteiger partial charge is 0.383 e. The highest BCUT2D eigenvalue weighted by atomic mass is 32.2. The van der Waals surface area contributed by atoms with Crippen molar-refractivity contribution < 1.29 is 0 Å². The molecule has 20 heavy (non-hydrogen) atoms. The van der Waals surface area contributed by atoms with E-state index in [9.17, 15) is 0 Å². The molecule has 2 aromatic rings. The number of nitrogens with zero attached hydrogens (tertiary/aromatic N) is 2. The number of hydrogen-bond acceptors (Lipinski definition) is 4. The third kappa shape index (κ3) is 4.89. The molecule has 2 rings (SSSR count). The number of aromatic amines is 1. The molecule has 0 aliphatic heterocycles. The van der Waals surface area contributed by atoms with Crippen LogP contribution >= 0.6 is 11.8 Å². The van der Waals surface area contributed by atoms with E-state index in [4.69, 9.17) is 0 Å². The standard InChI is InChI=1S/C15H22N4S/c1-11(2)4-5-12(3)18-13-6-8-14(9-7-13)20-15-16-10-17-19-15/h6-12,18H,4-5H2,1-3H3,(H,16,17,19). The minimum absolute atomic E-state index is 0.505. The molecule has 0 radical (unpaired) electrons. The Morgan fingerprint density at radius 1 is 1.15 bits per heavy atom. The highest BCUT2D eigenvalue weighted by Gasteiger charge is 2.04. The summed E-state index contributed by atoms with van der Waals surface area (Å²) in [6.45, 7) is 6.77. The quantitative estimate of drug-likeness (QED) is 0.802. The second-order valence-corrected chi connectivity index (χ2v) is 6.50. The number of H-pyrrole nitrogens is 1. The molecule has 108 valence electrons. The number of nitrogens with one attached hydrogen (secondary N) is 2. The Balaban J connectivity index is 1.85. The van der Waals surface area contributed by atoms with E-state index in [0.717, 1.165) is 16.0 Å². The highest BCUT2D eigenvalue weighted by molar-refractivity contribution is 7.99. The van der Waals surface area contributed by atoms with Crippen LogP contribution in [-0.2, 0) is 0 Å². The van der Waals surface area contributed by atoms with Crippen LogP contribution in [0.1, 0.15) is 33.6 Å². The van der Waals surface area contributed by atoms with Crippen molar-refractivity contribution in [2.24, 2.45) is 5.92 Å². The van der Waals surface area contributed by atoms with Crippen molar-refractivity contribution in [2.75, 3.05) is 5.32 Å². The molecule has 1 atom stereocenters. The van der Waals surface area contributed by atoms with E-state index >= 15 is 0 Å². The molecule has 0 bridgehead atoms. The van der Waals surface area contributed by atoms with Crippen LogP contribution in [0, 0.1) is 5.92 Å². The molecular formula is C15H22N4S. The van der Waals surface area contributed by atoms with Crippen LogP contribution in [0.2, 0.25) is 0 Å². The van der Waals surface area contributed by atoms with E-state index in [1.165, 1.54) is 24.9 Å². The molecule has 0 aliphatic carbocycles. The summed E-state index contributed by atoms with van der Waals surface area (Å²) in [6, 6.07) is 8.94. The average molecular weight is 290 g/mol. The van der Waals surface area contributed by atoms with Gasteiger partial charge in [-0.05, 0) is 49.9 Å². The Kier molecular flexibility index (Phi) is 5.47. The molecular weight excluding hydrogens is 268 g/mol. The van der Waals surface area contributed by atoms with Crippen LogP contribution in [0.5, 0.6) is 0 Å². The minimum Gasteiger partial charge on any atom is -0.383 e. The van der Waals surface area contributed by atoms with Crippen molar-refractivity contribution in [1.82, 2.24) is 15.2 Å². The monoisotopic (exact) mass is 290 g/mol. The molecule has 2 N–H and O–H groups in total. The van der Waals surface area contributed by atoms with E-state index in [2.05, 4.69) is 65.5 Å². The summed E-state index contributed by atoms with van der Waals surface area (Å²) in [6.07, 6.45) is 3.98. The number of anilines is 1. The normalized spacial score (nSPS) is 12.6.